The van der Waals surface area contributed by atoms with E-state index in [1.807, 2.05) is 6.92 Å². The molecule has 1 aliphatic heterocycles. The molecule has 9 heteroatoms. The van der Waals surface area contributed by atoms with E-state index in [2.05, 4.69) is 16.0 Å². The van der Waals surface area contributed by atoms with E-state index in [0.717, 1.165) is 32.1 Å². The van der Waals surface area contributed by atoms with Crippen molar-refractivity contribution in [1.82, 2.24) is 16.0 Å². The molecule has 164 valence electrons. The Morgan fingerprint density at radius 2 is 1.64 bits per heavy atom. The lowest BCUT2D eigenvalue weighted by Crippen LogP contribution is -2.30. The lowest BCUT2D eigenvalue weighted by Gasteiger charge is -2.13. The molecule has 4 N–H and O–H groups in total. The van der Waals surface area contributed by atoms with Crippen LogP contribution in [0, 0.1) is 0 Å². The Kier molecular flexibility index (Phi) is 14.5. The fourth-order valence-corrected chi connectivity index (χ4v) is 2.89. The number of carbonyl (C=O) groups excluding carboxylic acids is 2. The number of carbonyl (C=O) groups is 2. The zero-order valence-electron chi connectivity index (χ0n) is 17.0. The van der Waals surface area contributed by atoms with Crippen LogP contribution in [0.3, 0.4) is 0 Å². The number of aliphatic hydroxyl groups is 1. The maximum absolute atomic E-state index is 11.8. The van der Waals surface area contributed by atoms with Crippen molar-refractivity contribution >= 4 is 11.9 Å². The van der Waals surface area contributed by atoms with Gasteiger partial charge < -0.3 is 35.3 Å². The van der Waals surface area contributed by atoms with Gasteiger partial charge in [-0.15, -0.1) is 0 Å². The summed E-state index contributed by atoms with van der Waals surface area (Å²) in [4.78, 5) is 23.0. The number of aliphatic hydroxyl groups excluding tert-OH is 1. The summed E-state index contributed by atoms with van der Waals surface area (Å²) in [7, 11) is 0. The van der Waals surface area contributed by atoms with Gasteiger partial charge in [0.25, 0.3) is 0 Å². The van der Waals surface area contributed by atoms with Crippen LogP contribution in [-0.2, 0) is 19.0 Å². The highest BCUT2D eigenvalue weighted by Gasteiger charge is 2.26. The van der Waals surface area contributed by atoms with Crippen molar-refractivity contribution in [3.63, 3.8) is 0 Å². The first-order valence-corrected chi connectivity index (χ1v) is 10.3. The summed E-state index contributed by atoms with van der Waals surface area (Å²) in [6, 6.07) is 0.291. The van der Waals surface area contributed by atoms with E-state index in [4.69, 9.17) is 19.3 Å². The number of rotatable bonds is 18. The predicted octanol–water partition coefficient (Wildman–Crippen LogP) is 0.555. The first-order chi connectivity index (χ1) is 13.6. The molecule has 0 aromatic carbocycles. The van der Waals surface area contributed by atoms with Gasteiger partial charge in [0, 0.05) is 25.6 Å². The maximum atomic E-state index is 11.8. The smallest absolute Gasteiger partial charge is 0.315 e. The largest absolute Gasteiger partial charge is 0.394 e. The molecule has 0 aromatic heterocycles. The van der Waals surface area contributed by atoms with Gasteiger partial charge in [0.05, 0.1) is 45.7 Å². The molecule has 0 saturated carbocycles. The van der Waals surface area contributed by atoms with Crippen LogP contribution in [0.4, 0.5) is 4.79 Å². The molecule has 1 saturated heterocycles. The van der Waals surface area contributed by atoms with Crippen LogP contribution in [0.2, 0.25) is 0 Å². The molecule has 1 heterocycles. The molecular formula is C19H37N3O6. The third-order valence-corrected chi connectivity index (χ3v) is 4.47. The Morgan fingerprint density at radius 1 is 0.964 bits per heavy atom. The van der Waals surface area contributed by atoms with Gasteiger partial charge in [-0.3, -0.25) is 4.79 Å². The van der Waals surface area contributed by atoms with E-state index >= 15 is 0 Å². The molecule has 0 radical (unpaired) electrons. The van der Waals surface area contributed by atoms with Gasteiger partial charge in [0.15, 0.2) is 0 Å². The molecule has 0 spiro atoms. The number of urea groups is 1. The van der Waals surface area contributed by atoms with E-state index in [0.29, 0.717) is 52.6 Å². The number of unbranched alkanes of at least 4 members (excludes halogenated alkanes) is 2. The van der Waals surface area contributed by atoms with Crippen LogP contribution in [0.25, 0.3) is 0 Å². The lowest BCUT2D eigenvalue weighted by molar-refractivity contribution is -0.121. The zero-order chi connectivity index (χ0) is 20.5. The van der Waals surface area contributed by atoms with Crippen LogP contribution < -0.4 is 16.0 Å². The Labute approximate surface area is 167 Å². The second kappa shape index (κ2) is 16.5. The predicted molar refractivity (Wildman–Crippen MR) is 105 cm³/mol. The maximum Gasteiger partial charge on any atom is 0.315 e. The number of nitrogens with one attached hydrogen (secondary N) is 3. The van der Waals surface area contributed by atoms with Crippen molar-refractivity contribution < 1.29 is 28.9 Å². The van der Waals surface area contributed by atoms with Crippen molar-refractivity contribution in [2.24, 2.45) is 0 Å². The third-order valence-electron chi connectivity index (χ3n) is 4.47. The molecule has 0 aliphatic carbocycles. The molecule has 0 aromatic rings. The SMILES string of the molecule is CC1NC(=O)NC1CCCCCC(=O)NCCCOCCOCCOCCO. The number of hydrogen-bond acceptors (Lipinski definition) is 6. The normalized spacial score (nSPS) is 18.7. The highest BCUT2D eigenvalue weighted by Crippen LogP contribution is 2.11. The Bertz CT molecular complexity index is 424. The molecule has 0 bridgehead atoms. The van der Waals surface area contributed by atoms with Crippen molar-refractivity contribution in [3.05, 3.63) is 0 Å². The fourth-order valence-electron chi connectivity index (χ4n) is 2.89. The monoisotopic (exact) mass is 403 g/mol. The standard InChI is InChI=1S/C19H37N3O6/c1-16-17(22-19(25)21-16)6-3-2-4-7-18(24)20-8-5-10-26-12-14-28-15-13-27-11-9-23/h16-17,23H,2-15H2,1H3,(H,20,24)(H2,21,22,25). The summed E-state index contributed by atoms with van der Waals surface area (Å²) in [5.74, 6) is 0.0791. The van der Waals surface area contributed by atoms with E-state index < -0.39 is 0 Å². The van der Waals surface area contributed by atoms with Crippen LogP contribution in [0.5, 0.6) is 0 Å². The number of ether oxygens (including phenoxy) is 3. The Hall–Kier alpha value is -1.42. The van der Waals surface area contributed by atoms with Crippen LogP contribution in [0.1, 0.15) is 45.4 Å². The minimum atomic E-state index is -0.0859. The topological polar surface area (TPSA) is 118 Å². The van der Waals surface area contributed by atoms with Gasteiger partial charge in [0.1, 0.15) is 0 Å². The van der Waals surface area contributed by atoms with E-state index in [1.54, 1.807) is 0 Å². The molecule has 1 aliphatic rings. The second-order valence-corrected chi connectivity index (χ2v) is 6.88. The summed E-state index contributed by atoms with van der Waals surface area (Å²) in [6.07, 6.45) is 5.12. The van der Waals surface area contributed by atoms with E-state index in [9.17, 15) is 9.59 Å². The van der Waals surface area contributed by atoms with Gasteiger partial charge in [-0.1, -0.05) is 12.8 Å². The molecule has 9 nitrogen and oxygen atoms in total. The highest BCUT2D eigenvalue weighted by atomic mass is 16.5. The van der Waals surface area contributed by atoms with Crippen molar-refractivity contribution in [2.75, 3.05) is 52.8 Å². The van der Waals surface area contributed by atoms with Crippen molar-refractivity contribution in [1.29, 1.82) is 0 Å². The summed E-state index contributed by atoms with van der Waals surface area (Å²) in [5.41, 5.74) is 0. The van der Waals surface area contributed by atoms with E-state index in [-0.39, 0.29) is 30.6 Å². The minimum Gasteiger partial charge on any atom is -0.394 e. The molecule has 28 heavy (non-hydrogen) atoms. The van der Waals surface area contributed by atoms with Crippen molar-refractivity contribution in [2.45, 2.75) is 57.5 Å². The summed E-state index contributed by atoms with van der Waals surface area (Å²) in [6.45, 7) is 5.56. The van der Waals surface area contributed by atoms with Gasteiger partial charge >= 0.3 is 6.03 Å². The third kappa shape index (κ3) is 12.9. The van der Waals surface area contributed by atoms with Crippen molar-refractivity contribution in [3.8, 4) is 0 Å². The first kappa shape index (κ1) is 24.6. The first-order valence-electron chi connectivity index (χ1n) is 10.3. The Balaban J connectivity index is 1.79. The van der Waals surface area contributed by atoms with Gasteiger partial charge in [-0.25, -0.2) is 4.79 Å². The molecule has 2 unspecified atom stereocenters. The van der Waals surface area contributed by atoms with Gasteiger partial charge in [-0.05, 0) is 26.2 Å². The molecule has 1 rings (SSSR count). The minimum absolute atomic E-state index is 0.0260. The highest BCUT2D eigenvalue weighted by molar-refractivity contribution is 5.77. The van der Waals surface area contributed by atoms with E-state index in [1.165, 1.54) is 0 Å². The number of hydrogen-bond donors (Lipinski definition) is 4. The second-order valence-electron chi connectivity index (χ2n) is 6.88. The van der Waals surface area contributed by atoms with Crippen LogP contribution >= 0.6 is 0 Å². The fraction of sp³-hybridized carbons (Fsp3) is 0.895. The average Bonchev–Trinajstić information content (AvgIpc) is 2.99. The number of amides is 3. The summed E-state index contributed by atoms with van der Waals surface area (Å²) in [5, 5.41) is 17.2. The molecule has 2 atom stereocenters. The summed E-state index contributed by atoms with van der Waals surface area (Å²) >= 11 is 0. The quantitative estimate of drug-likeness (QED) is 0.248. The van der Waals surface area contributed by atoms with Gasteiger partial charge in [-0.2, -0.15) is 0 Å². The van der Waals surface area contributed by atoms with Gasteiger partial charge in [0.2, 0.25) is 5.91 Å². The molecule has 1 fully saturated rings. The average molecular weight is 404 g/mol. The summed E-state index contributed by atoms with van der Waals surface area (Å²) < 4.78 is 15.8. The zero-order valence-corrected chi connectivity index (χ0v) is 17.0. The lowest BCUT2D eigenvalue weighted by atomic mass is 10.0. The van der Waals surface area contributed by atoms with Crippen LogP contribution in [-0.4, -0.2) is 81.9 Å². The molecular weight excluding hydrogens is 366 g/mol. The van der Waals surface area contributed by atoms with Crippen LogP contribution in [0.15, 0.2) is 0 Å². The Morgan fingerprint density at radius 3 is 2.29 bits per heavy atom. The molecule has 3 amide bonds.